The summed E-state index contributed by atoms with van der Waals surface area (Å²) in [4.78, 5) is 4.59. The third-order valence-electron chi connectivity index (χ3n) is 9.07. The van der Waals surface area contributed by atoms with Crippen molar-refractivity contribution in [3.63, 3.8) is 0 Å². The first-order valence-electron chi connectivity index (χ1n) is 18.5. The Bertz CT molecular complexity index is 2170. The van der Waals surface area contributed by atoms with Crippen LogP contribution >= 0.6 is 0 Å². The van der Waals surface area contributed by atoms with E-state index in [2.05, 4.69) is 231 Å². The van der Waals surface area contributed by atoms with Crippen LogP contribution in [0.5, 0.6) is 0 Å². The van der Waals surface area contributed by atoms with Crippen LogP contribution in [0.1, 0.15) is 52.8 Å². The lowest BCUT2D eigenvalue weighted by Crippen LogP contribution is -2.09. The summed E-state index contributed by atoms with van der Waals surface area (Å²) in [7, 11) is 0. The van der Waals surface area contributed by atoms with Crippen molar-refractivity contribution in [2.24, 2.45) is 0 Å². The highest BCUT2D eigenvalue weighted by molar-refractivity contribution is 5.80. The van der Waals surface area contributed by atoms with Crippen molar-refractivity contribution in [3.05, 3.63) is 215 Å². The largest absolute Gasteiger partial charge is 0.311 e. The average molecular weight is 689 g/mol. The van der Waals surface area contributed by atoms with Crippen LogP contribution in [0.2, 0.25) is 0 Å². The van der Waals surface area contributed by atoms with Gasteiger partial charge < -0.3 is 9.80 Å². The van der Waals surface area contributed by atoms with Gasteiger partial charge >= 0.3 is 0 Å². The van der Waals surface area contributed by atoms with Gasteiger partial charge in [0.05, 0.1) is 0 Å². The predicted octanol–water partition coefficient (Wildman–Crippen LogP) is 14.9. The molecule has 0 aliphatic rings. The molecule has 0 aromatic heterocycles. The van der Waals surface area contributed by atoms with Gasteiger partial charge in [-0.15, -0.1) is 0 Å². The van der Waals surface area contributed by atoms with Crippen molar-refractivity contribution in [1.82, 2.24) is 0 Å². The van der Waals surface area contributed by atoms with E-state index in [1.165, 1.54) is 27.8 Å². The zero-order valence-corrected chi connectivity index (χ0v) is 31.4. The van der Waals surface area contributed by atoms with Gasteiger partial charge in [0.1, 0.15) is 0 Å². The van der Waals surface area contributed by atoms with Crippen molar-refractivity contribution < 1.29 is 0 Å². The van der Waals surface area contributed by atoms with Crippen LogP contribution in [-0.2, 0) is 0 Å². The normalized spacial score (nSPS) is 11.0. The first-order valence-corrected chi connectivity index (χ1v) is 18.5. The summed E-state index contributed by atoms with van der Waals surface area (Å²) in [6.07, 6.45) is 8.69. The van der Waals surface area contributed by atoms with Gasteiger partial charge in [-0.2, -0.15) is 0 Å². The number of benzene rings is 7. The molecule has 0 N–H and O–H groups in total. The van der Waals surface area contributed by atoms with Crippen LogP contribution in [0.4, 0.5) is 34.1 Å². The molecule has 0 saturated heterocycles. The van der Waals surface area contributed by atoms with Crippen molar-refractivity contribution in [2.75, 3.05) is 9.80 Å². The zero-order chi connectivity index (χ0) is 37.0. The minimum Gasteiger partial charge on any atom is -0.311 e. The molecule has 2 nitrogen and oxygen atoms in total. The number of aryl methyl sites for hydroxylation is 3. The Balaban J connectivity index is 0.00000236. The highest BCUT2D eigenvalue weighted by Crippen LogP contribution is 2.36. The molecule has 0 aliphatic carbocycles. The maximum absolute atomic E-state index is 2.30. The fourth-order valence-electron chi connectivity index (χ4n) is 6.13. The Morgan fingerprint density at radius 1 is 0.264 bits per heavy atom. The topological polar surface area (TPSA) is 6.48 Å². The second kappa shape index (κ2) is 17.7. The molecule has 2 heteroatoms. The number of para-hydroxylation sites is 1. The molecule has 0 atom stereocenters. The third-order valence-corrected chi connectivity index (χ3v) is 9.07. The third kappa shape index (κ3) is 9.49. The maximum Gasteiger partial charge on any atom is 0.0462 e. The van der Waals surface area contributed by atoms with Gasteiger partial charge in [-0.25, -0.2) is 0 Å². The van der Waals surface area contributed by atoms with Gasteiger partial charge in [-0.05, 0) is 116 Å². The van der Waals surface area contributed by atoms with E-state index in [0.29, 0.717) is 0 Å². The minimum absolute atomic E-state index is 1.13. The molecule has 53 heavy (non-hydrogen) atoms. The van der Waals surface area contributed by atoms with Crippen molar-refractivity contribution in [1.29, 1.82) is 0 Å². The summed E-state index contributed by atoms with van der Waals surface area (Å²) in [6, 6.07) is 62.8. The lowest BCUT2D eigenvalue weighted by molar-refractivity contribution is 1.27. The molecule has 0 aliphatic heterocycles. The molecule has 0 bridgehead atoms. The molecule has 0 spiro atoms. The molecular formula is C51H48N2. The minimum atomic E-state index is 1.13. The van der Waals surface area contributed by atoms with Crippen LogP contribution in [0, 0.1) is 20.8 Å². The Hall–Kier alpha value is -6.38. The monoisotopic (exact) mass is 688 g/mol. The quantitative estimate of drug-likeness (QED) is 0.132. The second-order valence-electron chi connectivity index (χ2n) is 13.0. The number of nitrogens with zero attached hydrogens (tertiary/aromatic N) is 2. The van der Waals surface area contributed by atoms with Gasteiger partial charge in [0, 0.05) is 34.1 Å². The average Bonchev–Trinajstić information content (AvgIpc) is 3.21. The molecule has 0 amide bonds. The maximum atomic E-state index is 2.30. The molecule has 0 fully saturated rings. The summed E-state index contributed by atoms with van der Waals surface area (Å²) >= 11 is 0. The smallest absolute Gasteiger partial charge is 0.0462 e. The van der Waals surface area contributed by atoms with E-state index in [4.69, 9.17) is 0 Å². The predicted molar refractivity (Wildman–Crippen MR) is 232 cm³/mol. The Morgan fingerprint density at radius 2 is 0.472 bits per heavy atom. The van der Waals surface area contributed by atoms with E-state index in [1.54, 1.807) is 0 Å². The van der Waals surface area contributed by atoms with Crippen LogP contribution < -0.4 is 9.80 Å². The van der Waals surface area contributed by atoms with Gasteiger partial charge in [0.2, 0.25) is 0 Å². The number of hydrogen-bond donors (Lipinski definition) is 0. The first-order chi connectivity index (χ1) is 26.0. The molecule has 7 aromatic rings. The number of hydrogen-bond acceptors (Lipinski definition) is 2. The molecule has 0 unspecified atom stereocenters. The van der Waals surface area contributed by atoms with E-state index < -0.39 is 0 Å². The standard InChI is InChI=1S/C49H42N2.C2H6/c1-37-9-27-45(28-10-37)50(44-7-5-4-6-8-44)48-33-23-42(24-34-48)21-19-40-15-17-41(18-16-40)20-22-43-25-35-49(36-26-43)51(46-29-11-38(2)12-30-46)47-31-13-39(3)14-32-47;1-2/h4-36H,1-3H3;1-2H3. The summed E-state index contributed by atoms with van der Waals surface area (Å²) < 4.78 is 0. The van der Waals surface area contributed by atoms with Crippen molar-refractivity contribution in [2.45, 2.75) is 34.6 Å². The summed E-state index contributed by atoms with van der Waals surface area (Å²) in [5, 5.41) is 0. The van der Waals surface area contributed by atoms with Crippen molar-refractivity contribution >= 4 is 58.4 Å². The summed E-state index contributed by atoms with van der Waals surface area (Å²) in [6.45, 7) is 10.4. The summed E-state index contributed by atoms with van der Waals surface area (Å²) in [5.41, 5.74) is 15.2. The van der Waals surface area contributed by atoms with Gasteiger partial charge in [0.15, 0.2) is 0 Å². The fourth-order valence-corrected chi connectivity index (χ4v) is 6.13. The lowest BCUT2D eigenvalue weighted by atomic mass is 10.1. The van der Waals surface area contributed by atoms with Crippen LogP contribution in [0.15, 0.2) is 176 Å². The molecule has 262 valence electrons. The van der Waals surface area contributed by atoms with E-state index in [9.17, 15) is 0 Å². The highest BCUT2D eigenvalue weighted by atomic mass is 15.1. The van der Waals surface area contributed by atoms with E-state index in [-0.39, 0.29) is 0 Å². The van der Waals surface area contributed by atoms with Gasteiger partial charge in [-0.1, -0.05) is 158 Å². The number of rotatable bonds is 10. The first kappa shape index (κ1) is 36.4. The molecule has 7 rings (SSSR count). The SMILES string of the molecule is CC.Cc1ccc(N(c2ccccc2)c2ccc(C=Cc3ccc(C=Cc4ccc(N(c5ccc(C)cc5)c5ccc(C)cc5)cc4)cc3)cc2)cc1. The number of anilines is 6. The molecule has 0 heterocycles. The van der Waals surface area contributed by atoms with E-state index >= 15 is 0 Å². The molecule has 0 saturated carbocycles. The Labute approximate surface area is 316 Å². The highest BCUT2D eigenvalue weighted by Gasteiger charge is 2.13. The van der Waals surface area contributed by atoms with Crippen LogP contribution in [0.3, 0.4) is 0 Å². The van der Waals surface area contributed by atoms with Crippen molar-refractivity contribution in [3.8, 4) is 0 Å². The second-order valence-corrected chi connectivity index (χ2v) is 13.0. The van der Waals surface area contributed by atoms with E-state index in [0.717, 1.165) is 45.3 Å². The van der Waals surface area contributed by atoms with Gasteiger partial charge in [-0.3, -0.25) is 0 Å². The molecule has 0 radical (unpaired) electrons. The van der Waals surface area contributed by atoms with E-state index in [1.807, 2.05) is 13.8 Å². The zero-order valence-electron chi connectivity index (χ0n) is 31.4. The lowest BCUT2D eigenvalue weighted by Gasteiger charge is -2.25. The van der Waals surface area contributed by atoms with Crippen LogP contribution in [0.25, 0.3) is 24.3 Å². The molecule has 7 aromatic carbocycles. The fraction of sp³-hybridized carbons (Fsp3) is 0.0980. The Kier molecular flexibility index (Phi) is 12.2. The Morgan fingerprint density at radius 3 is 0.736 bits per heavy atom. The van der Waals surface area contributed by atoms with Gasteiger partial charge in [0.25, 0.3) is 0 Å². The van der Waals surface area contributed by atoms with Crippen LogP contribution in [-0.4, -0.2) is 0 Å². The molecular weight excluding hydrogens is 641 g/mol. The summed E-state index contributed by atoms with van der Waals surface area (Å²) in [5.74, 6) is 0.